The number of anilines is 1. The van der Waals surface area contributed by atoms with E-state index in [4.69, 9.17) is 0 Å². The molecule has 4 nitrogen and oxygen atoms in total. The Bertz CT molecular complexity index is 903. The van der Waals surface area contributed by atoms with Gasteiger partial charge in [0.25, 0.3) is 11.8 Å². The fourth-order valence-corrected chi connectivity index (χ4v) is 5.23. The number of hydrogen-bond donors (Lipinski definition) is 2. The maximum absolute atomic E-state index is 12.7. The molecule has 0 radical (unpaired) electrons. The average molecular weight is 395 g/mol. The van der Waals surface area contributed by atoms with E-state index in [0.29, 0.717) is 23.4 Å². The van der Waals surface area contributed by atoms with E-state index in [1.165, 1.54) is 32.1 Å². The Labute approximate surface area is 170 Å². The van der Waals surface area contributed by atoms with Crippen LogP contribution < -0.4 is 10.6 Å². The molecule has 2 amide bonds. The monoisotopic (exact) mass is 394 g/mol. The summed E-state index contributed by atoms with van der Waals surface area (Å²) in [5.41, 5.74) is 2.93. The van der Waals surface area contributed by atoms with Gasteiger partial charge in [-0.2, -0.15) is 0 Å². The van der Waals surface area contributed by atoms with Crippen molar-refractivity contribution in [3.05, 3.63) is 53.1 Å². The maximum atomic E-state index is 12.7. The summed E-state index contributed by atoms with van der Waals surface area (Å²) in [4.78, 5) is 27.2. The summed E-state index contributed by atoms with van der Waals surface area (Å²) in [5, 5.41) is 6.05. The smallest absolute Gasteiger partial charge is 0.256 e. The Morgan fingerprint density at radius 3 is 2.75 bits per heavy atom. The fourth-order valence-electron chi connectivity index (χ4n) is 4.12. The minimum Gasteiger partial charge on any atom is -0.352 e. The van der Waals surface area contributed by atoms with Crippen molar-refractivity contribution in [2.75, 3.05) is 11.9 Å². The lowest BCUT2D eigenvalue weighted by molar-refractivity contribution is 0.0948. The second-order valence-electron chi connectivity index (χ2n) is 7.76. The lowest BCUT2D eigenvalue weighted by Gasteiger charge is -2.21. The first-order valence-corrected chi connectivity index (χ1v) is 10.9. The number of amides is 2. The van der Waals surface area contributed by atoms with Gasteiger partial charge >= 0.3 is 0 Å². The van der Waals surface area contributed by atoms with E-state index in [-0.39, 0.29) is 11.8 Å². The third-order valence-corrected chi connectivity index (χ3v) is 6.87. The van der Waals surface area contributed by atoms with Crippen molar-refractivity contribution >= 4 is 29.3 Å². The molecule has 4 rings (SSSR count). The molecule has 0 atom stereocenters. The van der Waals surface area contributed by atoms with E-state index in [9.17, 15) is 9.59 Å². The van der Waals surface area contributed by atoms with Gasteiger partial charge in [-0.25, -0.2) is 0 Å². The third-order valence-electron chi connectivity index (χ3n) is 5.73. The number of aryl methyl sites for hydroxylation is 1. The van der Waals surface area contributed by atoms with Gasteiger partial charge in [0.15, 0.2) is 0 Å². The molecule has 1 heterocycles. The number of carbonyl (C=O) groups excluding carboxylic acids is 2. The predicted octanol–water partition coefficient (Wildman–Crippen LogP) is 5.41. The molecule has 2 aromatic rings. The second kappa shape index (κ2) is 8.39. The molecule has 146 valence electrons. The van der Waals surface area contributed by atoms with E-state index < -0.39 is 0 Å². The van der Waals surface area contributed by atoms with Gasteiger partial charge in [-0.15, -0.1) is 0 Å². The van der Waals surface area contributed by atoms with Crippen LogP contribution >= 0.6 is 11.8 Å². The van der Waals surface area contributed by atoms with E-state index in [2.05, 4.69) is 10.6 Å². The number of nitrogens with one attached hydrogen (secondary N) is 2. The summed E-state index contributed by atoms with van der Waals surface area (Å²) in [6.45, 7) is 2.67. The van der Waals surface area contributed by atoms with Gasteiger partial charge in [0.05, 0.1) is 11.3 Å². The molecule has 0 spiro atoms. The van der Waals surface area contributed by atoms with Crippen molar-refractivity contribution in [1.82, 2.24) is 5.32 Å². The van der Waals surface area contributed by atoms with Crippen LogP contribution in [0.3, 0.4) is 0 Å². The van der Waals surface area contributed by atoms with Gasteiger partial charge in [-0.3, -0.25) is 9.59 Å². The molecule has 2 N–H and O–H groups in total. The van der Waals surface area contributed by atoms with Gasteiger partial charge in [0, 0.05) is 21.9 Å². The molecule has 1 saturated carbocycles. The van der Waals surface area contributed by atoms with E-state index in [0.717, 1.165) is 27.7 Å². The molecule has 5 heteroatoms. The van der Waals surface area contributed by atoms with Crippen molar-refractivity contribution in [3.63, 3.8) is 0 Å². The molecular weight excluding hydrogens is 368 g/mol. The van der Waals surface area contributed by atoms with E-state index in [1.54, 1.807) is 11.8 Å². The zero-order valence-corrected chi connectivity index (χ0v) is 17.0. The van der Waals surface area contributed by atoms with Crippen LogP contribution in [0.1, 0.15) is 64.8 Å². The molecule has 2 aromatic carbocycles. The first kappa shape index (κ1) is 19.1. The van der Waals surface area contributed by atoms with Gasteiger partial charge in [-0.05, 0) is 49.1 Å². The topological polar surface area (TPSA) is 58.2 Å². The van der Waals surface area contributed by atoms with Crippen molar-refractivity contribution in [2.45, 2.75) is 55.2 Å². The highest BCUT2D eigenvalue weighted by Crippen LogP contribution is 2.40. The van der Waals surface area contributed by atoms with Gasteiger partial charge in [0.2, 0.25) is 0 Å². The molecule has 1 aliphatic heterocycles. The predicted molar refractivity (Wildman–Crippen MR) is 113 cm³/mol. The van der Waals surface area contributed by atoms with Crippen LogP contribution in [0.2, 0.25) is 0 Å². The maximum Gasteiger partial charge on any atom is 0.256 e. The van der Waals surface area contributed by atoms with Crippen molar-refractivity contribution < 1.29 is 9.59 Å². The minimum atomic E-state index is -0.130. The molecule has 0 saturated heterocycles. The minimum absolute atomic E-state index is 0.0582. The highest BCUT2D eigenvalue weighted by atomic mass is 32.2. The zero-order chi connectivity index (χ0) is 19.5. The highest BCUT2D eigenvalue weighted by molar-refractivity contribution is 7.99. The van der Waals surface area contributed by atoms with Crippen LogP contribution in [-0.4, -0.2) is 18.4 Å². The van der Waals surface area contributed by atoms with Crippen LogP contribution in [0, 0.1) is 12.8 Å². The number of fused-ring (bicyclic) bond motifs is 2. The molecule has 1 fully saturated rings. The van der Waals surface area contributed by atoms with Crippen molar-refractivity contribution in [3.8, 4) is 0 Å². The van der Waals surface area contributed by atoms with E-state index >= 15 is 0 Å². The van der Waals surface area contributed by atoms with E-state index in [1.807, 2.05) is 43.3 Å². The Morgan fingerprint density at radius 2 is 1.93 bits per heavy atom. The van der Waals surface area contributed by atoms with Crippen LogP contribution in [0.15, 0.2) is 46.2 Å². The summed E-state index contributed by atoms with van der Waals surface area (Å²) in [7, 11) is 0. The Balaban J connectivity index is 1.48. The molecule has 0 bridgehead atoms. The number of carbonyl (C=O) groups is 2. The third kappa shape index (κ3) is 4.09. The molecule has 2 aliphatic rings. The summed E-state index contributed by atoms with van der Waals surface area (Å²) in [5.74, 6) is 0.558. The standard InChI is InChI=1S/C23H26N2O2S/c1-15-13-21-19(25-23(27)17-9-5-6-10-20(17)28-21)14-18(15)22(26)24-12-11-16-7-3-2-4-8-16/h5-6,9-10,13-14,16H,2-4,7-8,11-12H2,1H3,(H,24,26)(H,25,27). The number of benzene rings is 2. The lowest BCUT2D eigenvalue weighted by Crippen LogP contribution is -2.27. The van der Waals surface area contributed by atoms with Crippen LogP contribution in [0.25, 0.3) is 0 Å². The molecule has 0 unspecified atom stereocenters. The molecular formula is C23H26N2O2S. The largest absolute Gasteiger partial charge is 0.352 e. The summed E-state index contributed by atoms with van der Waals surface area (Å²) in [6, 6.07) is 11.4. The van der Waals surface area contributed by atoms with Gasteiger partial charge in [-0.1, -0.05) is 56.0 Å². The fraction of sp³-hybridized carbons (Fsp3) is 0.391. The normalized spacial score (nSPS) is 16.5. The Hall–Kier alpha value is -2.27. The first-order chi connectivity index (χ1) is 13.6. The van der Waals surface area contributed by atoms with Gasteiger partial charge in [0.1, 0.15) is 0 Å². The molecule has 28 heavy (non-hydrogen) atoms. The van der Waals surface area contributed by atoms with Crippen molar-refractivity contribution in [2.24, 2.45) is 5.92 Å². The van der Waals surface area contributed by atoms with Crippen molar-refractivity contribution in [1.29, 1.82) is 0 Å². The number of hydrogen-bond acceptors (Lipinski definition) is 3. The lowest BCUT2D eigenvalue weighted by atomic mass is 9.87. The highest BCUT2D eigenvalue weighted by Gasteiger charge is 2.22. The quantitative estimate of drug-likeness (QED) is 0.729. The molecule has 0 aromatic heterocycles. The van der Waals surface area contributed by atoms with Crippen LogP contribution in [0.4, 0.5) is 5.69 Å². The Morgan fingerprint density at radius 1 is 1.14 bits per heavy atom. The zero-order valence-electron chi connectivity index (χ0n) is 16.2. The average Bonchev–Trinajstić information content (AvgIpc) is 2.84. The summed E-state index contributed by atoms with van der Waals surface area (Å²) < 4.78 is 0. The summed E-state index contributed by atoms with van der Waals surface area (Å²) in [6.07, 6.45) is 7.63. The second-order valence-corrected chi connectivity index (χ2v) is 8.85. The van der Waals surface area contributed by atoms with Crippen LogP contribution in [-0.2, 0) is 0 Å². The van der Waals surface area contributed by atoms with Gasteiger partial charge < -0.3 is 10.6 Å². The SMILES string of the molecule is Cc1cc2c(cc1C(=O)NCCC1CCCCC1)NC(=O)c1ccccc1S2. The summed E-state index contributed by atoms with van der Waals surface area (Å²) >= 11 is 1.56. The number of rotatable bonds is 4. The first-order valence-electron chi connectivity index (χ1n) is 10.1. The Kier molecular flexibility index (Phi) is 5.72. The van der Waals surface area contributed by atoms with Crippen LogP contribution in [0.5, 0.6) is 0 Å². The molecule has 1 aliphatic carbocycles.